The minimum absolute atomic E-state index is 0.0731. The molecular formula is C21H24N2O2. The summed E-state index contributed by atoms with van der Waals surface area (Å²) in [5.41, 5.74) is 7.17. The molecule has 0 unspecified atom stereocenters. The van der Waals surface area contributed by atoms with Gasteiger partial charge in [-0.05, 0) is 43.0 Å². The van der Waals surface area contributed by atoms with Gasteiger partial charge in [-0.1, -0.05) is 42.0 Å². The Kier molecular flexibility index (Phi) is 4.79. The Morgan fingerprint density at radius 1 is 1.00 bits per heavy atom. The molecule has 1 aliphatic heterocycles. The van der Waals surface area contributed by atoms with Gasteiger partial charge in [-0.2, -0.15) is 0 Å². The molecule has 130 valence electrons. The molecule has 25 heavy (non-hydrogen) atoms. The van der Waals surface area contributed by atoms with Crippen molar-refractivity contribution in [2.75, 3.05) is 11.6 Å². The van der Waals surface area contributed by atoms with Crippen LogP contribution in [0.2, 0.25) is 0 Å². The zero-order valence-corrected chi connectivity index (χ0v) is 15.0. The first-order valence-corrected chi connectivity index (χ1v) is 8.49. The molecule has 0 amide bonds. The van der Waals surface area contributed by atoms with Crippen LogP contribution in [-0.4, -0.2) is 22.6 Å². The molecule has 1 aliphatic rings. The molecule has 4 heteroatoms. The van der Waals surface area contributed by atoms with E-state index in [9.17, 15) is 4.79 Å². The molecule has 0 spiro atoms. The smallest absolute Gasteiger partial charge is 0.307 e. The van der Waals surface area contributed by atoms with Gasteiger partial charge in [-0.25, -0.2) is 0 Å². The predicted molar refractivity (Wildman–Crippen MR) is 100 cm³/mol. The summed E-state index contributed by atoms with van der Waals surface area (Å²) in [5.74, 6) is -0.797. The third kappa shape index (κ3) is 4.02. The second-order valence-corrected chi connectivity index (χ2v) is 6.79. The van der Waals surface area contributed by atoms with Crippen molar-refractivity contribution in [1.82, 2.24) is 4.90 Å². The van der Waals surface area contributed by atoms with E-state index in [1.54, 1.807) is 0 Å². The zero-order chi connectivity index (χ0) is 18.0. The van der Waals surface area contributed by atoms with Gasteiger partial charge in [0, 0.05) is 24.6 Å². The van der Waals surface area contributed by atoms with Crippen LogP contribution in [0.25, 0.3) is 0 Å². The van der Waals surface area contributed by atoms with E-state index in [0.717, 1.165) is 18.8 Å². The van der Waals surface area contributed by atoms with E-state index < -0.39 is 5.97 Å². The molecule has 0 saturated carbocycles. The molecule has 2 aromatic rings. The maximum atomic E-state index is 10.8. The summed E-state index contributed by atoms with van der Waals surface area (Å²) in [4.78, 5) is 15.3. The summed E-state index contributed by atoms with van der Waals surface area (Å²) in [7, 11) is 0. The fourth-order valence-electron chi connectivity index (χ4n) is 3.51. The Morgan fingerprint density at radius 2 is 1.60 bits per heavy atom. The number of aliphatic carboxylic acids is 1. The lowest BCUT2D eigenvalue weighted by Crippen LogP contribution is -2.25. The average molecular weight is 336 g/mol. The van der Waals surface area contributed by atoms with Crippen LogP contribution in [0.3, 0.4) is 0 Å². The van der Waals surface area contributed by atoms with Crippen molar-refractivity contribution in [2.24, 2.45) is 0 Å². The van der Waals surface area contributed by atoms with Crippen molar-refractivity contribution in [1.29, 1.82) is 0 Å². The maximum absolute atomic E-state index is 10.8. The van der Waals surface area contributed by atoms with Gasteiger partial charge in [-0.15, -0.1) is 0 Å². The second-order valence-electron chi connectivity index (χ2n) is 6.79. The molecule has 0 atom stereocenters. The van der Waals surface area contributed by atoms with Crippen LogP contribution in [0.4, 0.5) is 5.69 Å². The van der Waals surface area contributed by atoms with Crippen LogP contribution in [0.15, 0.2) is 48.8 Å². The third-order valence-corrected chi connectivity index (χ3v) is 4.48. The highest BCUT2D eigenvalue weighted by molar-refractivity contribution is 5.70. The summed E-state index contributed by atoms with van der Waals surface area (Å²) in [6.07, 6.45) is 4.32. The highest BCUT2D eigenvalue weighted by atomic mass is 16.4. The molecule has 0 saturated heterocycles. The summed E-state index contributed by atoms with van der Waals surface area (Å²) >= 11 is 0. The Balaban J connectivity index is 1.66. The molecule has 0 radical (unpaired) electrons. The van der Waals surface area contributed by atoms with Gasteiger partial charge in [0.15, 0.2) is 0 Å². The van der Waals surface area contributed by atoms with Crippen molar-refractivity contribution >= 4 is 11.7 Å². The van der Waals surface area contributed by atoms with E-state index in [0.29, 0.717) is 0 Å². The third-order valence-electron chi connectivity index (χ3n) is 4.48. The van der Waals surface area contributed by atoms with Crippen LogP contribution in [0.1, 0.15) is 27.8 Å². The number of anilines is 1. The molecule has 0 fully saturated rings. The summed E-state index contributed by atoms with van der Waals surface area (Å²) in [5, 5.41) is 8.84. The zero-order valence-electron chi connectivity index (χ0n) is 15.0. The van der Waals surface area contributed by atoms with Gasteiger partial charge in [0.25, 0.3) is 0 Å². The minimum Gasteiger partial charge on any atom is -0.481 e. The quantitative estimate of drug-likeness (QED) is 0.896. The molecule has 0 bridgehead atoms. The topological polar surface area (TPSA) is 43.8 Å². The fraction of sp³-hybridized carbons (Fsp3) is 0.286. The number of carboxylic acid groups (broad SMARTS) is 1. The Hall–Kier alpha value is -2.75. The molecule has 2 aromatic carbocycles. The van der Waals surface area contributed by atoms with Crippen molar-refractivity contribution in [2.45, 2.75) is 33.7 Å². The van der Waals surface area contributed by atoms with Crippen LogP contribution in [0, 0.1) is 20.8 Å². The number of rotatable bonds is 5. The van der Waals surface area contributed by atoms with E-state index in [-0.39, 0.29) is 6.42 Å². The lowest BCUT2D eigenvalue weighted by atomic mass is 10.0. The van der Waals surface area contributed by atoms with E-state index >= 15 is 0 Å². The highest BCUT2D eigenvalue weighted by Gasteiger charge is 2.17. The Labute approximate surface area is 149 Å². The number of nitrogens with zero attached hydrogens (tertiary/aromatic N) is 2. The normalized spacial score (nSPS) is 13.6. The van der Waals surface area contributed by atoms with Crippen LogP contribution in [-0.2, 0) is 17.8 Å². The summed E-state index contributed by atoms with van der Waals surface area (Å²) < 4.78 is 0. The van der Waals surface area contributed by atoms with Gasteiger partial charge in [-0.3, -0.25) is 4.79 Å². The first-order valence-electron chi connectivity index (χ1n) is 8.49. The lowest BCUT2D eigenvalue weighted by Gasteiger charge is -2.25. The fourth-order valence-corrected chi connectivity index (χ4v) is 3.51. The Bertz CT molecular complexity index is 786. The Morgan fingerprint density at radius 3 is 2.20 bits per heavy atom. The molecule has 1 N–H and O–H groups in total. The van der Waals surface area contributed by atoms with Crippen LogP contribution < -0.4 is 4.90 Å². The molecule has 3 rings (SSSR count). The molecular weight excluding hydrogens is 312 g/mol. The predicted octanol–water partition coefficient (Wildman–Crippen LogP) is 3.99. The van der Waals surface area contributed by atoms with Crippen molar-refractivity contribution in [3.05, 3.63) is 76.6 Å². The first kappa shape index (κ1) is 17.1. The summed E-state index contributed by atoms with van der Waals surface area (Å²) in [6.45, 7) is 8.08. The number of hydrogen-bond acceptors (Lipinski definition) is 3. The van der Waals surface area contributed by atoms with Crippen LogP contribution in [0.5, 0.6) is 0 Å². The van der Waals surface area contributed by atoms with Gasteiger partial charge in [0.2, 0.25) is 0 Å². The van der Waals surface area contributed by atoms with E-state index in [2.05, 4.69) is 55.1 Å². The van der Waals surface area contributed by atoms with E-state index in [1.807, 2.05) is 24.3 Å². The number of carbonyl (C=O) groups is 1. The van der Waals surface area contributed by atoms with Crippen LogP contribution >= 0.6 is 0 Å². The van der Waals surface area contributed by atoms with Crippen molar-refractivity contribution in [3.63, 3.8) is 0 Å². The standard InChI is InChI=1S/C21H24N2O2/c1-15-10-16(2)21(17(3)11-15)23-9-8-22(14-23)13-19-6-4-18(5-7-19)12-20(24)25/h4-11H,12-14H2,1-3H3,(H,24,25). The van der Waals surface area contributed by atoms with E-state index in [4.69, 9.17) is 5.11 Å². The highest BCUT2D eigenvalue weighted by Crippen LogP contribution is 2.29. The van der Waals surface area contributed by atoms with Crippen molar-refractivity contribution in [3.8, 4) is 0 Å². The maximum Gasteiger partial charge on any atom is 0.307 e. The monoisotopic (exact) mass is 336 g/mol. The van der Waals surface area contributed by atoms with Gasteiger partial charge >= 0.3 is 5.97 Å². The SMILES string of the molecule is Cc1cc(C)c(N2C=CN(Cc3ccc(CC(=O)O)cc3)C2)c(C)c1. The number of hydrogen-bond donors (Lipinski definition) is 1. The van der Waals surface area contributed by atoms with E-state index in [1.165, 1.54) is 27.9 Å². The van der Waals surface area contributed by atoms with Gasteiger partial charge in [0.1, 0.15) is 0 Å². The lowest BCUT2D eigenvalue weighted by molar-refractivity contribution is -0.136. The summed E-state index contributed by atoms with van der Waals surface area (Å²) in [6, 6.07) is 12.3. The largest absolute Gasteiger partial charge is 0.481 e. The number of benzene rings is 2. The molecule has 1 heterocycles. The molecule has 0 aliphatic carbocycles. The van der Waals surface area contributed by atoms with Crippen molar-refractivity contribution < 1.29 is 9.90 Å². The number of carboxylic acids is 1. The number of aryl methyl sites for hydroxylation is 3. The minimum atomic E-state index is -0.797. The molecule has 0 aromatic heterocycles. The van der Waals surface area contributed by atoms with Gasteiger partial charge in [0.05, 0.1) is 13.1 Å². The molecule has 4 nitrogen and oxygen atoms in total. The second kappa shape index (κ2) is 7.01. The van der Waals surface area contributed by atoms with Gasteiger partial charge < -0.3 is 14.9 Å². The average Bonchev–Trinajstić information content (AvgIpc) is 2.96. The first-order chi connectivity index (χ1) is 11.9.